The average Bonchev–Trinajstić information content (AvgIpc) is 3.64. The van der Waals surface area contributed by atoms with E-state index >= 15 is 0 Å². The zero-order chi connectivity index (χ0) is 64.9. The summed E-state index contributed by atoms with van der Waals surface area (Å²) in [4.78, 5) is 72.3. The molecule has 19 heteroatoms. The minimum atomic E-state index is -4.95. The molecular formula is C69H134O17P2. The SMILES string of the molecule is CCCCCCCCCCCCCCCCCCCCCC(=O)O[C@H](COC(=O)CCCCCCCCCCCCCCC)COP(=O)(O)OC[C@@H](O)COP(=O)(O)OC[C@@H](COC(=O)CCCCCCCCC)OC(=O)CCCCCCCCC(C)C. The Morgan fingerprint density at radius 1 is 0.307 bits per heavy atom. The maximum Gasteiger partial charge on any atom is 0.472 e. The van der Waals surface area contributed by atoms with Crippen molar-refractivity contribution in [1.82, 2.24) is 0 Å². The lowest BCUT2D eigenvalue weighted by molar-refractivity contribution is -0.161. The number of aliphatic hydroxyl groups is 1. The van der Waals surface area contributed by atoms with Crippen LogP contribution in [0.3, 0.4) is 0 Å². The van der Waals surface area contributed by atoms with Gasteiger partial charge in [-0.15, -0.1) is 0 Å². The first-order chi connectivity index (χ1) is 42.5. The van der Waals surface area contributed by atoms with Gasteiger partial charge in [-0.2, -0.15) is 0 Å². The van der Waals surface area contributed by atoms with Crippen LogP contribution in [0.15, 0.2) is 0 Å². The molecule has 0 saturated heterocycles. The van der Waals surface area contributed by atoms with Crippen LogP contribution in [0, 0.1) is 5.92 Å². The van der Waals surface area contributed by atoms with Crippen LogP contribution in [0.1, 0.15) is 356 Å². The van der Waals surface area contributed by atoms with Gasteiger partial charge in [0.05, 0.1) is 26.4 Å². The molecule has 0 bridgehead atoms. The van der Waals surface area contributed by atoms with E-state index in [0.717, 1.165) is 103 Å². The molecule has 17 nitrogen and oxygen atoms in total. The third kappa shape index (κ3) is 62.8. The minimum absolute atomic E-state index is 0.102. The highest BCUT2D eigenvalue weighted by atomic mass is 31.2. The molecule has 2 unspecified atom stereocenters. The van der Waals surface area contributed by atoms with Gasteiger partial charge in [0.25, 0.3) is 0 Å². The lowest BCUT2D eigenvalue weighted by Crippen LogP contribution is -2.30. The van der Waals surface area contributed by atoms with Gasteiger partial charge in [-0.05, 0) is 31.6 Å². The van der Waals surface area contributed by atoms with E-state index < -0.39 is 97.5 Å². The van der Waals surface area contributed by atoms with Crippen molar-refractivity contribution in [3.8, 4) is 0 Å². The van der Waals surface area contributed by atoms with Crippen LogP contribution in [-0.2, 0) is 65.4 Å². The van der Waals surface area contributed by atoms with Crippen molar-refractivity contribution >= 4 is 39.5 Å². The number of unbranched alkanes of at least 4 members (excludes halogenated alkanes) is 41. The molecule has 0 aromatic heterocycles. The summed E-state index contributed by atoms with van der Waals surface area (Å²) >= 11 is 0. The summed E-state index contributed by atoms with van der Waals surface area (Å²) < 4.78 is 68.1. The Kier molecular flexibility index (Phi) is 61.1. The minimum Gasteiger partial charge on any atom is -0.462 e. The Morgan fingerprint density at radius 3 is 0.773 bits per heavy atom. The molecule has 88 heavy (non-hydrogen) atoms. The molecular weight excluding hydrogens is 1160 g/mol. The number of phosphoric ester groups is 2. The first-order valence-electron chi connectivity index (χ1n) is 36.1. The summed E-state index contributed by atoms with van der Waals surface area (Å²) in [6, 6.07) is 0. The Hall–Kier alpha value is -1.94. The van der Waals surface area contributed by atoms with E-state index in [2.05, 4.69) is 34.6 Å². The van der Waals surface area contributed by atoms with Crippen molar-refractivity contribution in [1.29, 1.82) is 0 Å². The fourth-order valence-corrected chi connectivity index (χ4v) is 12.0. The summed E-state index contributed by atoms with van der Waals surface area (Å²) in [5, 5.41) is 10.6. The smallest absolute Gasteiger partial charge is 0.462 e. The number of hydrogen-bond donors (Lipinski definition) is 3. The quantitative estimate of drug-likeness (QED) is 0.0222. The maximum atomic E-state index is 13.0. The third-order valence-corrected chi connectivity index (χ3v) is 17.9. The Bertz CT molecular complexity index is 1700. The van der Waals surface area contributed by atoms with Crippen molar-refractivity contribution in [2.45, 2.75) is 374 Å². The molecule has 0 spiro atoms. The second-order valence-electron chi connectivity index (χ2n) is 25.4. The molecule has 0 saturated carbocycles. The fourth-order valence-electron chi connectivity index (χ4n) is 10.5. The molecule has 0 aliphatic carbocycles. The summed E-state index contributed by atoms with van der Waals surface area (Å²) in [6.45, 7) is 7.10. The first-order valence-corrected chi connectivity index (χ1v) is 39.1. The van der Waals surface area contributed by atoms with Gasteiger partial charge >= 0.3 is 39.5 Å². The zero-order valence-electron chi connectivity index (χ0n) is 56.9. The molecule has 0 aliphatic heterocycles. The first kappa shape index (κ1) is 86.1. The Labute approximate surface area is 537 Å². The largest absolute Gasteiger partial charge is 0.472 e. The van der Waals surface area contributed by atoms with E-state index in [1.807, 2.05) is 0 Å². The highest BCUT2D eigenvalue weighted by Crippen LogP contribution is 2.45. The second-order valence-corrected chi connectivity index (χ2v) is 28.3. The summed E-state index contributed by atoms with van der Waals surface area (Å²) in [6.07, 6.45) is 49.0. The van der Waals surface area contributed by atoms with E-state index in [-0.39, 0.29) is 25.7 Å². The van der Waals surface area contributed by atoms with Gasteiger partial charge in [-0.3, -0.25) is 37.3 Å². The monoisotopic (exact) mass is 1300 g/mol. The number of ether oxygens (including phenoxy) is 4. The van der Waals surface area contributed by atoms with Crippen LogP contribution < -0.4 is 0 Å². The van der Waals surface area contributed by atoms with Crippen LogP contribution in [0.25, 0.3) is 0 Å². The number of rotatable bonds is 69. The fraction of sp³-hybridized carbons (Fsp3) is 0.942. The number of carbonyl (C=O) groups is 4. The van der Waals surface area contributed by atoms with Crippen LogP contribution in [0.5, 0.6) is 0 Å². The Morgan fingerprint density at radius 2 is 0.523 bits per heavy atom. The topological polar surface area (TPSA) is 237 Å². The highest BCUT2D eigenvalue weighted by molar-refractivity contribution is 7.47. The summed E-state index contributed by atoms with van der Waals surface area (Å²) in [5.41, 5.74) is 0. The third-order valence-electron chi connectivity index (χ3n) is 16.0. The van der Waals surface area contributed by atoms with Gasteiger partial charge in [0.15, 0.2) is 12.2 Å². The van der Waals surface area contributed by atoms with Gasteiger partial charge in [0.1, 0.15) is 19.3 Å². The molecule has 0 heterocycles. The molecule has 5 atom stereocenters. The normalized spacial score (nSPS) is 14.1. The predicted molar refractivity (Wildman–Crippen MR) is 354 cm³/mol. The van der Waals surface area contributed by atoms with E-state index in [0.29, 0.717) is 31.6 Å². The predicted octanol–water partition coefficient (Wildman–Crippen LogP) is 19.7. The highest BCUT2D eigenvalue weighted by Gasteiger charge is 2.30. The number of hydrogen-bond acceptors (Lipinski definition) is 15. The van der Waals surface area contributed by atoms with Crippen molar-refractivity contribution < 1.29 is 80.2 Å². The van der Waals surface area contributed by atoms with E-state index in [4.69, 9.17) is 37.0 Å². The number of aliphatic hydroxyl groups excluding tert-OH is 1. The number of carbonyl (C=O) groups excluding carboxylic acids is 4. The molecule has 0 aromatic carbocycles. The molecule has 0 aromatic rings. The van der Waals surface area contributed by atoms with Crippen LogP contribution >= 0.6 is 15.6 Å². The Balaban J connectivity index is 5.16. The average molecular weight is 1300 g/mol. The molecule has 0 amide bonds. The molecule has 0 fully saturated rings. The lowest BCUT2D eigenvalue weighted by atomic mass is 10.0. The second kappa shape index (κ2) is 62.5. The standard InChI is InChI=1S/C69H134O17P2/c1-6-9-12-15-18-20-22-24-25-26-27-28-29-31-33-35-38-44-49-54-68(73)85-64(59-80-67(72)53-48-43-37-34-32-30-23-21-19-16-13-10-7-2)60-83-87(75,76)81-56-63(70)57-82-88(77,78)84-61-65(58-79-66(71)52-47-42-36-17-14-11-8-3)86-69(74)55-50-45-40-39-41-46-51-62(4)5/h62-65,70H,6-61H2,1-5H3,(H,75,76)(H,77,78)/t63-,64-,65-/m1/s1. The van der Waals surface area contributed by atoms with Crippen molar-refractivity contribution in [3.05, 3.63) is 0 Å². The van der Waals surface area contributed by atoms with Gasteiger partial charge in [-0.25, -0.2) is 9.13 Å². The van der Waals surface area contributed by atoms with Crippen molar-refractivity contribution in [2.24, 2.45) is 5.92 Å². The van der Waals surface area contributed by atoms with Crippen molar-refractivity contribution in [2.75, 3.05) is 39.6 Å². The van der Waals surface area contributed by atoms with Gasteiger partial charge < -0.3 is 33.8 Å². The molecule has 0 radical (unpaired) electrons. The van der Waals surface area contributed by atoms with Crippen LogP contribution in [0.2, 0.25) is 0 Å². The molecule has 522 valence electrons. The molecule has 3 N–H and O–H groups in total. The number of esters is 4. The van der Waals surface area contributed by atoms with Gasteiger partial charge in [0, 0.05) is 25.7 Å². The number of phosphoric acid groups is 2. The maximum absolute atomic E-state index is 13.0. The summed E-state index contributed by atoms with van der Waals surface area (Å²) in [7, 11) is -9.89. The van der Waals surface area contributed by atoms with E-state index in [1.165, 1.54) is 167 Å². The van der Waals surface area contributed by atoms with Crippen molar-refractivity contribution in [3.63, 3.8) is 0 Å². The lowest BCUT2D eigenvalue weighted by Gasteiger charge is -2.21. The molecule has 0 rings (SSSR count). The van der Waals surface area contributed by atoms with Gasteiger partial charge in [0.2, 0.25) is 0 Å². The van der Waals surface area contributed by atoms with E-state index in [1.54, 1.807) is 0 Å². The van der Waals surface area contributed by atoms with Gasteiger partial charge in [-0.1, -0.05) is 304 Å². The van der Waals surface area contributed by atoms with Crippen LogP contribution in [-0.4, -0.2) is 96.7 Å². The van der Waals surface area contributed by atoms with Crippen LogP contribution in [0.4, 0.5) is 0 Å². The van der Waals surface area contributed by atoms with E-state index in [9.17, 15) is 43.2 Å². The summed E-state index contributed by atoms with van der Waals surface area (Å²) in [5.74, 6) is -1.46. The molecule has 0 aliphatic rings. The zero-order valence-corrected chi connectivity index (χ0v) is 58.6.